The molecule has 0 bridgehead atoms. The van der Waals surface area contributed by atoms with Gasteiger partial charge in [-0.2, -0.15) is 4.98 Å². The second-order valence-corrected chi connectivity index (χ2v) is 8.09. The van der Waals surface area contributed by atoms with Crippen molar-refractivity contribution >= 4 is 27.9 Å². The van der Waals surface area contributed by atoms with Gasteiger partial charge in [0.05, 0.1) is 19.8 Å². The maximum absolute atomic E-state index is 12.7. The van der Waals surface area contributed by atoms with Crippen LogP contribution in [0, 0.1) is 0 Å². The highest BCUT2D eigenvalue weighted by Crippen LogP contribution is 2.23. The monoisotopic (exact) mass is 451 g/mol. The Labute approximate surface area is 188 Å². The molecule has 2 aromatic carbocycles. The van der Waals surface area contributed by atoms with Gasteiger partial charge in [0, 0.05) is 20.1 Å². The van der Waals surface area contributed by atoms with Gasteiger partial charge in [0.15, 0.2) is 11.2 Å². The minimum Gasteiger partial charge on any atom is -0.491 e. The van der Waals surface area contributed by atoms with Crippen molar-refractivity contribution in [1.29, 1.82) is 0 Å². The Hall–Kier alpha value is -3.63. The summed E-state index contributed by atoms with van der Waals surface area (Å²) in [5, 5.41) is 13.0. The van der Waals surface area contributed by atoms with Crippen LogP contribution in [0.3, 0.4) is 0 Å². The first-order valence-corrected chi connectivity index (χ1v) is 10.8. The van der Waals surface area contributed by atoms with Crippen LogP contribution in [0.4, 0.5) is 5.95 Å². The lowest BCUT2D eigenvalue weighted by atomic mass is 10.1. The summed E-state index contributed by atoms with van der Waals surface area (Å²) in [6.45, 7) is 2.37. The maximum atomic E-state index is 12.7. The topological polar surface area (TPSA) is 115 Å². The van der Waals surface area contributed by atoms with Crippen LogP contribution in [0.15, 0.2) is 52.1 Å². The van der Waals surface area contributed by atoms with Gasteiger partial charge in [-0.1, -0.05) is 30.3 Å². The van der Waals surface area contributed by atoms with Crippen molar-refractivity contribution in [1.82, 2.24) is 19.1 Å². The fraction of sp³-hybridized carbons (Fsp3) is 0.348. The number of hydrogen-bond donors (Lipinski definition) is 2. The summed E-state index contributed by atoms with van der Waals surface area (Å²) in [6, 6.07) is 13.7. The fourth-order valence-corrected chi connectivity index (χ4v) is 4.11. The highest BCUT2D eigenvalue weighted by atomic mass is 16.5. The molecule has 4 aromatic rings. The first kappa shape index (κ1) is 21.2. The molecule has 1 saturated heterocycles. The average molecular weight is 451 g/mol. The van der Waals surface area contributed by atoms with Crippen molar-refractivity contribution < 1.29 is 14.6 Å². The number of nitrogens with zero attached hydrogens (tertiary/aromatic N) is 4. The number of morpholine rings is 1. The minimum atomic E-state index is -0.912. The number of aromatic nitrogens is 4. The quantitative estimate of drug-likeness (QED) is 0.447. The van der Waals surface area contributed by atoms with Crippen LogP contribution in [-0.4, -0.2) is 63.2 Å². The van der Waals surface area contributed by atoms with Crippen LogP contribution in [-0.2, 0) is 18.3 Å². The largest absolute Gasteiger partial charge is 0.491 e. The Morgan fingerprint density at radius 1 is 1.15 bits per heavy atom. The Kier molecular flexibility index (Phi) is 5.61. The number of nitrogens with one attached hydrogen (secondary N) is 1. The van der Waals surface area contributed by atoms with E-state index < -0.39 is 17.4 Å². The molecule has 10 nitrogen and oxygen atoms in total. The summed E-state index contributed by atoms with van der Waals surface area (Å²) < 4.78 is 14.2. The molecule has 10 heteroatoms. The normalized spacial score (nSPS) is 15.3. The zero-order chi connectivity index (χ0) is 22.9. The third-order valence-electron chi connectivity index (χ3n) is 5.84. The molecular weight excluding hydrogens is 426 g/mol. The minimum absolute atomic E-state index is 0.0320. The number of anilines is 1. The lowest BCUT2D eigenvalue weighted by molar-refractivity contribution is 0.0928. The van der Waals surface area contributed by atoms with Gasteiger partial charge in [-0.25, -0.2) is 4.79 Å². The van der Waals surface area contributed by atoms with Gasteiger partial charge in [-0.05, 0) is 22.9 Å². The zero-order valence-electron chi connectivity index (χ0n) is 18.2. The van der Waals surface area contributed by atoms with E-state index in [1.165, 1.54) is 4.57 Å². The predicted octanol–water partition coefficient (Wildman–Crippen LogP) is 0.853. The van der Waals surface area contributed by atoms with Gasteiger partial charge < -0.3 is 24.0 Å². The number of aromatic amines is 1. The van der Waals surface area contributed by atoms with Crippen molar-refractivity contribution in [2.45, 2.75) is 12.6 Å². The molecule has 172 valence electrons. The van der Waals surface area contributed by atoms with E-state index >= 15 is 0 Å². The number of ether oxygens (including phenoxy) is 2. The molecule has 0 radical (unpaired) electrons. The summed E-state index contributed by atoms with van der Waals surface area (Å²) in [5.74, 6) is 1.17. The summed E-state index contributed by atoms with van der Waals surface area (Å²) in [6.07, 6.45) is -0.912. The third-order valence-corrected chi connectivity index (χ3v) is 5.84. The first-order chi connectivity index (χ1) is 16.0. The van der Waals surface area contributed by atoms with Gasteiger partial charge in [-0.3, -0.25) is 14.3 Å². The number of imidazole rings is 1. The number of aryl methyl sites for hydroxylation is 1. The van der Waals surface area contributed by atoms with Crippen molar-refractivity contribution in [3.63, 3.8) is 0 Å². The Morgan fingerprint density at radius 3 is 2.70 bits per heavy atom. The van der Waals surface area contributed by atoms with E-state index in [-0.39, 0.29) is 24.3 Å². The molecule has 2 N–H and O–H groups in total. The highest BCUT2D eigenvalue weighted by molar-refractivity contribution is 5.83. The number of aliphatic hydroxyl groups excluding tert-OH is 1. The summed E-state index contributed by atoms with van der Waals surface area (Å²) in [7, 11) is 1.56. The zero-order valence-corrected chi connectivity index (χ0v) is 18.2. The predicted molar refractivity (Wildman–Crippen MR) is 124 cm³/mol. The van der Waals surface area contributed by atoms with Gasteiger partial charge in [0.1, 0.15) is 18.5 Å². The molecule has 0 unspecified atom stereocenters. The number of H-pyrrole nitrogens is 1. The summed E-state index contributed by atoms with van der Waals surface area (Å²) in [4.78, 5) is 33.6. The number of benzene rings is 2. The number of rotatable bonds is 6. The van der Waals surface area contributed by atoms with E-state index in [1.54, 1.807) is 11.6 Å². The van der Waals surface area contributed by atoms with Crippen molar-refractivity contribution in [2.24, 2.45) is 7.05 Å². The van der Waals surface area contributed by atoms with E-state index in [9.17, 15) is 14.7 Å². The Bertz CT molecular complexity index is 1420. The molecule has 1 aliphatic heterocycles. The number of aliphatic hydroxyl groups is 1. The van der Waals surface area contributed by atoms with Crippen LogP contribution in [0.2, 0.25) is 0 Å². The molecule has 5 rings (SSSR count). The lowest BCUT2D eigenvalue weighted by Gasteiger charge is -2.28. The SMILES string of the molecule is Cn1c(=O)[nH]c(=O)c2c1nc(N1CCOCC1)n2C[C@@H](O)COc1ccc2ccccc2c1. The molecule has 0 aliphatic carbocycles. The highest BCUT2D eigenvalue weighted by Gasteiger charge is 2.24. The molecule has 33 heavy (non-hydrogen) atoms. The van der Waals surface area contributed by atoms with E-state index in [0.29, 0.717) is 38.0 Å². The molecule has 3 heterocycles. The van der Waals surface area contributed by atoms with Crippen molar-refractivity contribution in [3.05, 3.63) is 63.3 Å². The van der Waals surface area contributed by atoms with Crippen molar-refractivity contribution in [2.75, 3.05) is 37.8 Å². The van der Waals surface area contributed by atoms with Crippen LogP contribution in [0.25, 0.3) is 21.9 Å². The Morgan fingerprint density at radius 2 is 1.91 bits per heavy atom. The van der Waals surface area contributed by atoms with Crippen LogP contribution >= 0.6 is 0 Å². The molecule has 1 fully saturated rings. The summed E-state index contributed by atoms with van der Waals surface area (Å²) >= 11 is 0. The van der Waals surface area contributed by atoms with Gasteiger partial charge in [-0.15, -0.1) is 0 Å². The van der Waals surface area contributed by atoms with Crippen LogP contribution in [0.5, 0.6) is 5.75 Å². The second kappa shape index (κ2) is 8.72. The van der Waals surface area contributed by atoms with Gasteiger partial charge in [0.25, 0.3) is 5.56 Å². The molecule has 2 aromatic heterocycles. The maximum Gasteiger partial charge on any atom is 0.329 e. The molecule has 0 saturated carbocycles. The van der Waals surface area contributed by atoms with Crippen LogP contribution < -0.4 is 20.9 Å². The molecule has 0 amide bonds. The van der Waals surface area contributed by atoms with E-state index in [2.05, 4.69) is 9.97 Å². The lowest BCUT2D eigenvalue weighted by Crippen LogP contribution is -2.39. The van der Waals surface area contributed by atoms with E-state index in [4.69, 9.17) is 9.47 Å². The summed E-state index contributed by atoms with van der Waals surface area (Å²) in [5.41, 5.74) is -0.565. The Balaban J connectivity index is 1.43. The first-order valence-electron chi connectivity index (χ1n) is 10.8. The average Bonchev–Trinajstić information content (AvgIpc) is 3.21. The molecular formula is C23H25N5O5. The standard InChI is InChI=1S/C23H25N5O5/c1-26-20-19(21(30)25-23(26)31)28(22(24-20)27-8-10-32-11-9-27)13-17(29)14-33-18-7-6-15-4-2-3-5-16(15)12-18/h2-7,12,17,29H,8-11,13-14H2,1H3,(H,25,30,31)/t17-/m1/s1. The van der Waals surface area contributed by atoms with Crippen molar-refractivity contribution in [3.8, 4) is 5.75 Å². The van der Waals surface area contributed by atoms with Gasteiger partial charge in [0.2, 0.25) is 5.95 Å². The van der Waals surface area contributed by atoms with E-state index in [1.807, 2.05) is 47.4 Å². The third kappa shape index (κ3) is 4.10. The number of hydrogen-bond acceptors (Lipinski definition) is 7. The van der Waals surface area contributed by atoms with E-state index in [0.717, 1.165) is 10.8 Å². The fourth-order valence-electron chi connectivity index (χ4n) is 4.11. The smallest absolute Gasteiger partial charge is 0.329 e. The molecule has 1 aliphatic rings. The molecule has 0 spiro atoms. The molecule has 1 atom stereocenters. The van der Waals surface area contributed by atoms with Gasteiger partial charge >= 0.3 is 5.69 Å². The second-order valence-electron chi connectivity index (χ2n) is 8.09. The van der Waals surface area contributed by atoms with Crippen LogP contribution in [0.1, 0.15) is 0 Å². The number of fused-ring (bicyclic) bond motifs is 2.